The number of fused-ring (bicyclic) bond motifs is 2. The monoisotopic (exact) mass is 860 g/mol. The van der Waals surface area contributed by atoms with Crippen molar-refractivity contribution in [2.24, 2.45) is 23.7 Å². The van der Waals surface area contributed by atoms with Gasteiger partial charge < -0.3 is 62.7 Å². The van der Waals surface area contributed by atoms with Gasteiger partial charge >= 0.3 is 5.97 Å². The summed E-state index contributed by atoms with van der Waals surface area (Å²) in [6, 6.07) is 0. The average molecular weight is 861 g/mol. The third-order valence-electron chi connectivity index (χ3n) is 14.4. The summed E-state index contributed by atoms with van der Waals surface area (Å²) in [5.41, 5.74) is 0.184. The van der Waals surface area contributed by atoms with Crippen LogP contribution in [-0.4, -0.2) is 139 Å². The lowest BCUT2D eigenvalue weighted by Crippen LogP contribution is -2.58. The van der Waals surface area contributed by atoms with Gasteiger partial charge in [0.1, 0.15) is 42.0 Å². The molecule has 14 heteroatoms. The summed E-state index contributed by atoms with van der Waals surface area (Å²) in [5, 5.41) is 34.2. The van der Waals surface area contributed by atoms with Gasteiger partial charge in [-0.15, -0.1) is 0 Å². The van der Waals surface area contributed by atoms with Gasteiger partial charge in [0.25, 0.3) is 0 Å². The van der Waals surface area contributed by atoms with Gasteiger partial charge in [0.05, 0.1) is 49.3 Å². The highest BCUT2D eigenvalue weighted by Crippen LogP contribution is 2.48. The van der Waals surface area contributed by atoms with E-state index in [-0.39, 0.29) is 36.8 Å². The lowest BCUT2D eigenvalue weighted by Gasteiger charge is -2.50. The molecule has 5 saturated heterocycles. The topological polar surface area (TPSA) is 170 Å². The van der Waals surface area contributed by atoms with E-state index in [9.17, 15) is 20.1 Å². The van der Waals surface area contributed by atoms with Crippen LogP contribution < -0.4 is 0 Å². The fraction of sp³-hybridized carbons (Fsp3) is 0.809. The van der Waals surface area contributed by atoms with E-state index in [0.29, 0.717) is 55.6 Å². The van der Waals surface area contributed by atoms with Crippen molar-refractivity contribution in [1.82, 2.24) is 0 Å². The molecule has 19 atom stereocenters. The zero-order valence-corrected chi connectivity index (χ0v) is 37.8. The molecule has 1 spiro atoms. The Morgan fingerprint density at radius 1 is 0.885 bits per heavy atom. The highest BCUT2D eigenvalue weighted by molar-refractivity contribution is 5.78. The Bertz CT molecular complexity index is 1660. The van der Waals surface area contributed by atoms with Crippen molar-refractivity contribution in [3.63, 3.8) is 0 Å². The van der Waals surface area contributed by atoms with Crippen LogP contribution >= 0.6 is 0 Å². The number of hydrogen-bond acceptors (Lipinski definition) is 14. The summed E-state index contributed by atoms with van der Waals surface area (Å²) in [7, 11) is 3.22. The minimum atomic E-state index is -1.82. The molecule has 7 aliphatic rings. The van der Waals surface area contributed by atoms with Crippen molar-refractivity contribution >= 4 is 5.97 Å². The van der Waals surface area contributed by atoms with Gasteiger partial charge in [-0.1, -0.05) is 58.1 Å². The van der Waals surface area contributed by atoms with Crippen LogP contribution in [0, 0.1) is 23.7 Å². The number of allylic oxidation sites excluding steroid dienone is 2. The SMILES string of the molecule is CO[C@H]1C[C@H](O[C@H]2[C@H](C)O[C@@H](O[C@@H]3/C(C)=C\C[C@@H]4C[C@@H](C[C@]5(CC[C@H](C)[C@@H](C(C)C)O5)O4)OC(=O)[C@@H]4C=C(C)[C@@H](O)[C@H]5OCC(=C/C=C\[C@@H]3C)[C@]54O)C[C@@H]2OC)O[C@@H](C)[C@@H]1O. The van der Waals surface area contributed by atoms with Crippen molar-refractivity contribution < 1.29 is 67.5 Å². The first kappa shape index (κ1) is 46.9. The van der Waals surface area contributed by atoms with Crippen LogP contribution in [-0.2, 0) is 52.2 Å². The van der Waals surface area contributed by atoms with Crippen LogP contribution in [0.2, 0.25) is 0 Å². The fourth-order valence-corrected chi connectivity index (χ4v) is 10.8. The number of carbonyl (C=O) groups excluding carboxylic acids is 1. The number of methoxy groups -OCH3 is 2. The van der Waals surface area contributed by atoms with E-state index in [1.54, 1.807) is 40.2 Å². The zero-order chi connectivity index (χ0) is 44.0. The van der Waals surface area contributed by atoms with E-state index < -0.39 is 90.8 Å². The maximum atomic E-state index is 14.3. The minimum Gasteiger partial charge on any atom is -0.462 e. The van der Waals surface area contributed by atoms with Crippen molar-refractivity contribution in [3.8, 4) is 0 Å². The molecule has 0 aromatic heterocycles. The van der Waals surface area contributed by atoms with E-state index in [1.807, 2.05) is 19.1 Å². The van der Waals surface area contributed by atoms with E-state index in [2.05, 4.69) is 40.7 Å². The van der Waals surface area contributed by atoms with E-state index >= 15 is 0 Å². The number of rotatable bonds is 7. The molecule has 1 aliphatic carbocycles. The molecule has 6 aliphatic heterocycles. The van der Waals surface area contributed by atoms with E-state index in [1.165, 1.54) is 0 Å². The predicted molar refractivity (Wildman–Crippen MR) is 223 cm³/mol. The summed E-state index contributed by atoms with van der Waals surface area (Å²) in [6.45, 7) is 16.2. The summed E-state index contributed by atoms with van der Waals surface area (Å²) >= 11 is 0. The predicted octanol–water partition coefficient (Wildman–Crippen LogP) is 5.21. The maximum absolute atomic E-state index is 14.3. The Morgan fingerprint density at radius 3 is 2.31 bits per heavy atom. The van der Waals surface area contributed by atoms with Gasteiger partial charge in [0.15, 0.2) is 18.4 Å². The van der Waals surface area contributed by atoms with Crippen LogP contribution in [0.15, 0.2) is 47.1 Å². The van der Waals surface area contributed by atoms with Crippen LogP contribution in [0.1, 0.15) is 100 Å². The van der Waals surface area contributed by atoms with Crippen molar-refractivity contribution in [2.45, 2.75) is 198 Å². The molecule has 2 bridgehead atoms. The first-order valence-corrected chi connectivity index (χ1v) is 22.6. The number of hydrogen-bond donors (Lipinski definition) is 3. The summed E-state index contributed by atoms with van der Waals surface area (Å²) in [5.74, 6) is -2.15. The van der Waals surface area contributed by atoms with Crippen LogP contribution in [0.5, 0.6) is 0 Å². The number of esters is 1. The second-order valence-electron chi connectivity index (χ2n) is 19.2. The summed E-state index contributed by atoms with van der Waals surface area (Å²) in [6.07, 6.45) is 5.52. The van der Waals surface area contributed by atoms with Gasteiger partial charge in [-0.2, -0.15) is 0 Å². The molecule has 3 N–H and O–H groups in total. The molecule has 0 amide bonds. The molecule has 0 aromatic carbocycles. The van der Waals surface area contributed by atoms with Gasteiger partial charge in [-0.25, -0.2) is 0 Å². The third-order valence-corrected chi connectivity index (χ3v) is 14.4. The fourth-order valence-electron chi connectivity index (χ4n) is 10.8. The normalized spacial score (nSPS) is 48.7. The molecular formula is C47H72O14. The van der Waals surface area contributed by atoms with Crippen LogP contribution in [0.4, 0.5) is 0 Å². The molecule has 0 aromatic rings. The first-order valence-electron chi connectivity index (χ1n) is 22.6. The van der Waals surface area contributed by atoms with Crippen LogP contribution in [0.3, 0.4) is 0 Å². The Morgan fingerprint density at radius 2 is 1.59 bits per heavy atom. The summed E-state index contributed by atoms with van der Waals surface area (Å²) in [4.78, 5) is 14.3. The Balaban J connectivity index is 1.17. The lowest BCUT2D eigenvalue weighted by atomic mass is 9.71. The number of aliphatic hydroxyl groups excluding tert-OH is 2. The molecule has 0 unspecified atom stereocenters. The number of carbonyl (C=O) groups is 1. The highest BCUT2D eigenvalue weighted by atomic mass is 16.7. The molecule has 5 fully saturated rings. The largest absolute Gasteiger partial charge is 0.462 e. The first-order chi connectivity index (χ1) is 29.0. The number of ether oxygens (including phenoxy) is 10. The Kier molecular flexibility index (Phi) is 14.8. The van der Waals surface area contributed by atoms with Crippen molar-refractivity contribution in [3.05, 3.63) is 47.1 Å². The zero-order valence-electron chi connectivity index (χ0n) is 37.8. The molecule has 344 valence electrons. The van der Waals surface area contributed by atoms with Gasteiger partial charge in [0.2, 0.25) is 0 Å². The van der Waals surface area contributed by atoms with E-state index in [4.69, 9.17) is 47.4 Å². The quantitative estimate of drug-likeness (QED) is 0.225. The van der Waals surface area contributed by atoms with Gasteiger partial charge in [0, 0.05) is 52.2 Å². The molecule has 14 nitrogen and oxygen atoms in total. The Labute approximate surface area is 361 Å². The average Bonchev–Trinajstić information content (AvgIpc) is 3.56. The molecule has 0 saturated carbocycles. The Hall–Kier alpha value is -2.05. The number of aliphatic hydroxyl groups is 3. The minimum absolute atomic E-state index is 0.0210. The maximum Gasteiger partial charge on any atom is 0.316 e. The third kappa shape index (κ3) is 9.67. The van der Waals surface area contributed by atoms with Crippen LogP contribution in [0.25, 0.3) is 0 Å². The molecule has 61 heavy (non-hydrogen) atoms. The lowest BCUT2D eigenvalue weighted by molar-refractivity contribution is -0.340. The van der Waals surface area contributed by atoms with E-state index in [0.717, 1.165) is 12.0 Å². The standard InChI is InChI=1S/C47H72O14/c1-24(2)41-27(5)16-17-46(61-41)22-33-19-32(60-46)15-14-26(4)42(25(3)12-11-13-31-23-54-44-39(48)28(6)18-34(45(50)57-33)47(31,44)51)58-38-21-36(53-10)43(30(8)56-38)59-37-20-35(52-9)40(49)29(7)55-37/h11-14,18,24-25,27,29-30,32-44,48-49,51H,15-17,19-23H2,1-10H3/b12-11-,26-14-,31-13?/t25-,27-,29-,30-,32+,33-,34-,35-,36-,37-,38-,39+,40-,41+,42-,43-,44+,46+,47+/m0/s1. The molecular weight excluding hydrogens is 789 g/mol. The molecule has 6 heterocycles. The smallest absolute Gasteiger partial charge is 0.316 e. The van der Waals surface area contributed by atoms with Gasteiger partial charge in [-0.3, -0.25) is 4.79 Å². The highest BCUT2D eigenvalue weighted by Gasteiger charge is 2.60. The molecule has 7 rings (SSSR count). The second kappa shape index (κ2) is 19.2. The van der Waals surface area contributed by atoms with Crippen molar-refractivity contribution in [2.75, 3.05) is 20.8 Å². The second-order valence-corrected chi connectivity index (χ2v) is 19.2. The molecule has 0 radical (unpaired) electrons. The summed E-state index contributed by atoms with van der Waals surface area (Å²) < 4.78 is 63.7. The van der Waals surface area contributed by atoms with Crippen molar-refractivity contribution in [1.29, 1.82) is 0 Å². The van der Waals surface area contributed by atoms with Gasteiger partial charge in [-0.05, 0) is 69.1 Å².